The number of rotatable bonds is 4. The highest BCUT2D eigenvalue weighted by Crippen LogP contribution is 2.33. The van der Waals surface area contributed by atoms with E-state index in [0.717, 1.165) is 38.6 Å². The highest BCUT2D eigenvalue weighted by atomic mass is 32.2. The number of nitrogens with zero attached hydrogens (tertiary/aromatic N) is 2. The molecule has 2 aliphatic heterocycles. The standard InChI is InChI=1S/C21H33N3OS/c1-16(2)19-15-24(11-13-26-19)21(22-3)23-14-18-10-7-12-25-20(18)17-8-5-4-6-9-17/h4-6,8-9,16,18-20H,7,10-15H2,1-3H3,(H,22,23). The predicted molar refractivity (Wildman–Crippen MR) is 112 cm³/mol. The van der Waals surface area contributed by atoms with E-state index in [2.05, 4.69) is 71.2 Å². The van der Waals surface area contributed by atoms with E-state index in [1.165, 1.54) is 17.7 Å². The van der Waals surface area contributed by atoms with Gasteiger partial charge in [-0.3, -0.25) is 4.99 Å². The van der Waals surface area contributed by atoms with Gasteiger partial charge in [0.2, 0.25) is 0 Å². The Morgan fingerprint density at radius 1 is 1.35 bits per heavy atom. The van der Waals surface area contributed by atoms with Crippen LogP contribution in [0.1, 0.15) is 38.4 Å². The molecule has 1 aromatic carbocycles. The molecule has 3 atom stereocenters. The van der Waals surface area contributed by atoms with Crippen LogP contribution in [0.4, 0.5) is 0 Å². The van der Waals surface area contributed by atoms with Gasteiger partial charge in [0, 0.05) is 50.2 Å². The van der Waals surface area contributed by atoms with Gasteiger partial charge in [-0.2, -0.15) is 11.8 Å². The summed E-state index contributed by atoms with van der Waals surface area (Å²) in [7, 11) is 1.90. The van der Waals surface area contributed by atoms with Gasteiger partial charge in [0.15, 0.2) is 5.96 Å². The van der Waals surface area contributed by atoms with Crippen molar-refractivity contribution in [2.24, 2.45) is 16.8 Å². The topological polar surface area (TPSA) is 36.9 Å². The lowest BCUT2D eigenvalue weighted by atomic mass is 9.89. The molecule has 0 radical (unpaired) electrons. The summed E-state index contributed by atoms with van der Waals surface area (Å²) < 4.78 is 6.14. The quantitative estimate of drug-likeness (QED) is 0.641. The summed E-state index contributed by atoms with van der Waals surface area (Å²) in [5.41, 5.74) is 1.29. The molecule has 5 heteroatoms. The Morgan fingerprint density at radius 3 is 2.88 bits per heavy atom. The van der Waals surface area contributed by atoms with E-state index in [4.69, 9.17) is 4.74 Å². The molecule has 0 amide bonds. The number of hydrogen-bond acceptors (Lipinski definition) is 3. The van der Waals surface area contributed by atoms with Crippen LogP contribution >= 0.6 is 11.8 Å². The molecule has 3 rings (SSSR count). The van der Waals surface area contributed by atoms with Crippen LogP contribution in [0.3, 0.4) is 0 Å². The lowest BCUT2D eigenvalue weighted by Crippen LogP contribution is -2.50. The van der Waals surface area contributed by atoms with Crippen molar-refractivity contribution in [2.75, 3.05) is 39.0 Å². The third kappa shape index (κ3) is 4.95. The van der Waals surface area contributed by atoms with Crippen LogP contribution in [0.5, 0.6) is 0 Å². The fourth-order valence-electron chi connectivity index (χ4n) is 3.89. The van der Waals surface area contributed by atoms with Crippen molar-refractivity contribution < 1.29 is 4.74 Å². The smallest absolute Gasteiger partial charge is 0.193 e. The van der Waals surface area contributed by atoms with Crippen molar-refractivity contribution in [1.29, 1.82) is 0 Å². The molecule has 4 nitrogen and oxygen atoms in total. The highest BCUT2D eigenvalue weighted by molar-refractivity contribution is 8.00. The van der Waals surface area contributed by atoms with Gasteiger partial charge in [-0.05, 0) is 24.3 Å². The highest BCUT2D eigenvalue weighted by Gasteiger charge is 2.29. The maximum absolute atomic E-state index is 6.14. The first-order valence-corrected chi connectivity index (χ1v) is 11.0. The molecule has 0 saturated carbocycles. The Hall–Kier alpha value is -1.20. The third-order valence-corrected chi connectivity index (χ3v) is 6.98. The zero-order valence-electron chi connectivity index (χ0n) is 16.4. The summed E-state index contributed by atoms with van der Waals surface area (Å²) >= 11 is 2.10. The van der Waals surface area contributed by atoms with Crippen LogP contribution in [-0.2, 0) is 4.74 Å². The van der Waals surface area contributed by atoms with Gasteiger partial charge in [0.25, 0.3) is 0 Å². The molecule has 26 heavy (non-hydrogen) atoms. The molecule has 3 unspecified atom stereocenters. The van der Waals surface area contributed by atoms with Gasteiger partial charge in [0.05, 0.1) is 6.10 Å². The molecule has 144 valence electrons. The van der Waals surface area contributed by atoms with E-state index >= 15 is 0 Å². The summed E-state index contributed by atoms with van der Waals surface area (Å²) in [5, 5.41) is 4.35. The van der Waals surface area contributed by atoms with Crippen molar-refractivity contribution in [3.8, 4) is 0 Å². The van der Waals surface area contributed by atoms with E-state index in [1.807, 2.05) is 7.05 Å². The molecule has 1 aromatic rings. The van der Waals surface area contributed by atoms with Gasteiger partial charge in [-0.25, -0.2) is 0 Å². The average Bonchev–Trinajstić information content (AvgIpc) is 2.69. The summed E-state index contributed by atoms with van der Waals surface area (Å²) in [5.74, 6) is 3.43. The minimum Gasteiger partial charge on any atom is -0.373 e. The summed E-state index contributed by atoms with van der Waals surface area (Å²) in [6.45, 7) is 8.59. The van der Waals surface area contributed by atoms with Gasteiger partial charge in [-0.1, -0.05) is 44.2 Å². The van der Waals surface area contributed by atoms with Crippen LogP contribution in [0.2, 0.25) is 0 Å². The number of aliphatic imine (C=N–C) groups is 1. The Balaban J connectivity index is 1.60. The molecule has 2 saturated heterocycles. The minimum absolute atomic E-state index is 0.191. The number of benzene rings is 1. The molecule has 2 aliphatic rings. The molecule has 2 heterocycles. The number of ether oxygens (including phenoxy) is 1. The molecular formula is C21H33N3OS. The van der Waals surface area contributed by atoms with Gasteiger partial charge in [-0.15, -0.1) is 0 Å². The third-order valence-electron chi connectivity index (χ3n) is 5.44. The lowest BCUT2D eigenvalue weighted by Gasteiger charge is -2.38. The summed E-state index contributed by atoms with van der Waals surface area (Å²) in [6.07, 6.45) is 2.54. The molecular weight excluding hydrogens is 342 g/mol. The molecule has 0 aromatic heterocycles. The second-order valence-electron chi connectivity index (χ2n) is 7.63. The second-order valence-corrected chi connectivity index (χ2v) is 8.98. The van der Waals surface area contributed by atoms with E-state index < -0.39 is 0 Å². The molecule has 2 fully saturated rings. The molecule has 0 bridgehead atoms. The van der Waals surface area contributed by atoms with Crippen molar-refractivity contribution in [2.45, 2.75) is 38.0 Å². The number of thioether (sulfide) groups is 1. The van der Waals surface area contributed by atoms with E-state index in [1.54, 1.807) is 0 Å². The Kier molecular flexibility index (Phi) is 7.26. The number of guanidine groups is 1. The predicted octanol–water partition coefficient (Wildman–Crippen LogP) is 3.80. The molecule has 0 spiro atoms. The van der Waals surface area contributed by atoms with Crippen molar-refractivity contribution in [1.82, 2.24) is 10.2 Å². The number of hydrogen-bond donors (Lipinski definition) is 1. The SMILES string of the molecule is CN=C(NCC1CCCOC1c1ccccc1)N1CCSC(C(C)C)C1. The van der Waals surface area contributed by atoms with E-state index in [9.17, 15) is 0 Å². The fraction of sp³-hybridized carbons (Fsp3) is 0.667. The maximum Gasteiger partial charge on any atom is 0.193 e. The van der Waals surface area contributed by atoms with Crippen LogP contribution in [0, 0.1) is 11.8 Å². The molecule has 0 aliphatic carbocycles. The Morgan fingerprint density at radius 2 is 2.15 bits per heavy atom. The molecule has 1 N–H and O–H groups in total. The monoisotopic (exact) mass is 375 g/mol. The van der Waals surface area contributed by atoms with Crippen LogP contribution in [-0.4, -0.2) is 55.2 Å². The summed E-state index contributed by atoms with van der Waals surface area (Å²) in [4.78, 5) is 7.00. The van der Waals surface area contributed by atoms with E-state index in [-0.39, 0.29) is 6.10 Å². The van der Waals surface area contributed by atoms with Gasteiger partial charge >= 0.3 is 0 Å². The second kappa shape index (κ2) is 9.65. The van der Waals surface area contributed by atoms with Crippen LogP contribution in [0.15, 0.2) is 35.3 Å². The number of nitrogens with one attached hydrogen (secondary N) is 1. The summed E-state index contributed by atoms with van der Waals surface area (Å²) in [6, 6.07) is 10.7. The van der Waals surface area contributed by atoms with Crippen molar-refractivity contribution in [3.63, 3.8) is 0 Å². The first-order chi connectivity index (χ1) is 12.7. The Bertz CT molecular complexity index is 578. The zero-order valence-corrected chi connectivity index (χ0v) is 17.2. The first-order valence-electron chi connectivity index (χ1n) is 9.92. The lowest BCUT2D eigenvalue weighted by molar-refractivity contribution is -0.0266. The van der Waals surface area contributed by atoms with Gasteiger partial charge < -0.3 is 15.0 Å². The van der Waals surface area contributed by atoms with Crippen molar-refractivity contribution >= 4 is 17.7 Å². The normalized spacial score (nSPS) is 27.6. The fourth-order valence-corrected chi connectivity index (χ4v) is 5.19. The average molecular weight is 376 g/mol. The Labute approximate surface area is 162 Å². The zero-order chi connectivity index (χ0) is 18.4. The van der Waals surface area contributed by atoms with Crippen LogP contribution in [0.25, 0.3) is 0 Å². The van der Waals surface area contributed by atoms with Crippen molar-refractivity contribution in [3.05, 3.63) is 35.9 Å². The minimum atomic E-state index is 0.191. The largest absolute Gasteiger partial charge is 0.373 e. The maximum atomic E-state index is 6.14. The van der Waals surface area contributed by atoms with E-state index in [0.29, 0.717) is 17.1 Å². The first kappa shape index (κ1) is 19.6. The van der Waals surface area contributed by atoms with Crippen LogP contribution < -0.4 is 5.32 Å². The van der Waals surface area contributed by atoms with Gasteiger partial charge in [0.1, 0.15) is 0 Å².